The van der Waals surface area contributed by atoms with E-state index in [4.69, 9.17) is 11.6 Å². The predicted octanol–water partition coefficient (Wildman–Crippen LogP) is 1.68. The molecule has 0 aromatic carbocycles. The summed E-state index contributed by atoms with van der Waals surface area (Å²) in [4.78, 5) is 14.0. The van der Waals surface area contributed by atoms with Crippen molar-refractivity contribution in [2.24, 2.45) is 0 Å². The summed E-state index contributed by atoms with van der Waals surface area (Å²) in [6.45, 7) is 2.05. The minimum atomic E-state index is -0.482. The number of nitrogens with zero attached hydrogens (tertiary/aromatic N) is 1. The smallest absolute Gasteiger partial charge is 0.207 e. The standard InChI is InChI=1S/C9H10ClFN2O/c1-2-8-9(11)7(10)3-6(13-8)4-12-5-14/h3,5H,2,4H2,1H3,(H,12,14). The van der Waals surface area contributed by atoms with E-state index in [0.29, 0.717) is 24.2 Å². The summed E-state index contributed by atoms with van der Waals surface area (Å²) in [6, 6.07) is 1.41. The van der Waals surface area contributed by atoms with Gasteiger partial charge in [-0.15, -0.1) is 0 Å². The Morgan fingerprint density at radius 1 is 1.71 bits per heavy atom. The molecule has 3 nitrogen and oxygen atoms in total. The van der Waals surface area contributed by atoms with Gasteiger partial charge in [0.25, 0.3) is 0 Å². The van der Waals surface area contributed by atoms with Gasteiger partial charge in [0.15, 0.2) is 5.82 Å². The SMILES string of the molecule is CCc1nc(CNC=O)cc(Cl)c1F. The van der Waals surface area contributed by atoms with Crippen molar-refractivity contribution < 1.29 is 9.18 Å². The lowest BCUT2D eigenvalue weighted by Gasteiger charge is -2.05. The maximum absolute atomic E-state index is 13.2. The van der Waals surface area contributed by atoms with Crippen molar-refractivity contribution in [2.75, 3.05) is 0 Å². The molecule has 0 aliphatic rings. The van der Waals surface area contributed by atoms with Crippen LogP contribution in [0.15, 0.2) is 6.07 Å². The Balaban J connectivity index is 2.97. The molecule has 14 heavy (non-hydrogen) atoms. The molecule has 1 N–H and O–H groups in total. The second kappa shape index (κ2) is 4.91. The van der Waals surface area contributed by atoms with Crippen molar-refractivity contribution in [3.63, 3.8) is 0 Å². The van der Waals surface area contributed by atoms with E-state index in [1.807, 2.05) is 0 Å². The molecule has 1 aromatic heterocycles. The van der Waals surface area contributed by atoms with E-state index in [1.54, 1.807) is 6.92 Å². The van der Waals surface area contributed by atoms with E-state index in [0.717, 1.165) is 0 Å². The monoisotopic (exact) mass is 216 g/mol. The minimum Gasteiger partial charge on any atom is -0.353 e. The highest BCUT2D eigenvalue weighted by Crippen LogP contribution is 2.18. The zero-order chi connectivity index (χ0) is 10.6. The minimum absolute atomic E-state index is 0.0412. The number of hydrogen-bond donors (Lipinski definition) is 1. The Bertz CT molecular complexity index is 344. The van der Waals surface area contributed by atoms with Gasteiger partial charge in [0.2, 0.25) is 6.41 Å². The lowest BCUT2D eigenvalue weighted by molar-refractivity contribution is -0.109. The average Bonchev–Trinajstić information content (AvgIpc) is 2.19. The quantitative estimate of drug-likeness (QED) is 0.779. The summed E-state index contributed by atoms with van der Waals surface area (Å²) in [6.07, 6.45) is 1.03. The molecule has 1 heterocycles. The number of aromatic nitrogens is 1. The van der Waals surface area contributed by atoms with Crippen LogP contribution in [-0.4, -0.2) is 11.4 Å². The molecule has 1 rings (SSSR count). The number of rotatable bonds is 4. The van der Waals surface area contributed by atoms with E-state index in [1.165, 1.54) is 6.07 Å². The molecule has 0 aliphatic heterocycles. The number of hydrogen-bond acceptors (Lipinski definition) is 2. The molecule has 0 unspecified atom stereocenters. The lowest BCUT2D eigenvalue weighted by Crippen LogP contribution is -2.12. The van der Waals surface area contributed by atoms with Gasteiger partial charge in [0.05, 0.1) is 23.0 Å². The summed E-state index contributed by atoms with van der Waals surface area (Å²) in [7, 11) is 0. The van der Waals surface area contributed by atoms with Gasteiger partial charge < -0.3 is 5.32 Å². The van der Waals surface area contributed by atoms with Gasteiger partial charge in [-0.2, -0.15) is 0 Å². The van der Waals surface area contributed by atoms with Crippen LogP contribution in [0.25, 0.3) is 0 Å². The highest BCUT2D eigenvalue weighted by Gasteiger charge is 2.08. The van der Waals surface area contributed by atoms with Crippen LogP contribution in [0.3, 0.4) is 0 Å². The Kier molecular flexibility index (Phi) is 3.83. The van der Waals surface area contributed by atoms with Gasteiger partial charge in [-0.1, -0.05) is 18.5 Å². The third-order valence-electron chi connectivity index (χ3n) is 1.74. The number of amides is 1. The molecule has 5 heteroatoms. The van der Waals surface area contributed by atoms with Crippen LogP contribution in [0.4, 0.5) is 4.39 Å². The molecule has 0 spiro atoms. The van der Waals surface area contributed by atoms with Crippen molar-refractivity contribution in [3.8, 4) is 0 Å². The first-order valence-electron chi connectivity index (χ1n) is 4.19. The first-order chi connectivity index (χ1) is 6.69. The third-order valence-corrected chi connectivity index (χ3v) is 2.01. The third kappa shape index (κ3) is 2.42. The van der Waals surface area contributed by atoms with Crippen molar-refractivity contribution in [1.82, 2.24) is 10.3 Å². The van der Waals surface area contributed by atoms with Gasteiger partial charge >= 0.3 is 0 Å². The largest absolute Gasteiger partial charge is 0.353 e. The molecule has 0 saturated heterocycles. The van der Waals surface area contributed by atoms with Crippen LogP contribution in [0.2, 0.25) is 5.02 Å². The number of aryl methyl sites for hydroxylation is 1. The number of carbonyl (C=O) groups is 1. The summed E-state index contributed by atoms with van der Waals surface area (Å²) in [5.41, 5.74) is 0.876. The van der Waals surface area contributed by atoms with Gasteiger partial charge in [-0.25, -0.2) is 4.39 Å². The maximum Gasteiger partial charge on any atom is 0.207 e. The van der Waals surface area contributed by atoms with Crippen molar-refractivity contribution in [3.05, 3.63) is 28.3 Å². The molecular formula is C9H10ClFN2O. The van der Waals surface area contributed by atoms with Gasteiger partial charge in [-0.3, -0.25) is 9.78 Å². The Morgan fingerprint density at radius 2 is 2.43 bits per heavy atom. The van der Waals surface area contributed by atoms with E-state index in [2.05, 4.69) is 10.3 Å². The summed E-state index contributed by atoms with van der Waals surface area (Å²) in [5.74, 6) is -0.482. The molecular weight excluding hydrogens is 207 g/mol. The predicted molar refractivity (Wildman–Crippen MR) is 51.5 cm³/mol. The topological polar surface area (TPSA) is 42.0 Å². The fourth-order valence-electron chi connectivity index (χ4n) is 1.07. The Morgan fingerprint density at radius 3 is 3.00 bits per heavy atom. The Labute approximate surface area is 86.3 Å². The second-order valence-electron chi connectivity index (χ2n) is 2.71. The zero-order valence-electron chi connectivity index (χ0n) is 7.68. The maximum atomic E-state index is 13.2. The summed E-state index contributed by atoms with van der Waals surface area (Å²) < 4.78 is 13.2. The van der Waals surface area contributed by atoms with E-state index < -0.39 is 5.82 Å². The molecule has 0 radical (unpaired) electrons. The zero-order valence-corrected chi connectivity index (χ0v) is 8.44. The molecule has 0 atom stereocenters. The summed E-state index contributed by atoms with van der Waals surface area (Å²) >= 11 is 5.65. The molecule has 0 bridgehead atoms. The normalized spacial score (nSPS) is 9.93. The highest BCUT2D eigenvalue weighted by molar-refractivity contribution is 6.30. The van der Waals surface area contributed by atoms with Gasteiger partial charge in [-0.05, 0) is 12.5 Å². The van der Waals surface area contributed by atoms with Crippen LogP contribution >= 0.6 is 11.6 Å². The number of halogens is 2. The molecule has 0 aliphatic carbocycles. The summed E-state index contributed by atoms with van der Waals surface area (Å²) in [5, 5.41) is 2.48. The first-order valence-corrected chi connectivity index (χ1v) is 4.57. The number of pyridine rings is 1. The highest BCUT2D eigenvalue weighted by atomic mass is 35.5. The van der Waals surface area contributed by atoms with Gasteiger partial charge in [0, 0.05) is 0 Å². The first kappa shape index (κ1) is 10.9. The van der Waals surface area contributed by atoms with Crippen LogP contribution in [0.5, 0.6) is 0 Å². The Hall–Kier alpha value is -1.16. The van der Waals surface area contributed by atoms with Crippen molar-refractivity contribution in [1.29, 1.82) is 0 Å². The van der Waals surface area contributed by atoms with E-state index in [-0.39, 0.29) is 11.6 Å². The fourth-order valence-corrected chi connectivity index (χ4v) is 1.31. The van der Waals surface area contributed by atoms with Crippen molar-refractivity contribution >= 4 is 18.0 Å². The molecule has 0 fully saturated rings. The number of carbonyl (C=O) groups excluding carboxylic acids is 1. The number of nitrogens with one attached hydrogen (secondary N) is 1. The van der Waals surface area contributed by atoms with Crippen LogP contribution < -0.4 is 5.32 Å². The molecule has 0 saturated carbocycles. The van der Waals surface area contributed by atoms with E-state index >= 15 is 0 Å². The van der Waals surface area contributed by atoms with Crippen LogP contribution in [-0.2, 0) is 17.8 Å². The lowest BCUT2D eigenvalue weighted by atomic mass is 10.2. The molecule has 76 valence electrons. The van der Waals surface area contributed by atoms with E-state index in [9.17, 15) is 9.18 Å². The average molecular weight is 217 g/mol. The van der Waals surface area contributed by atoms with Crippen LogP contribution in [0.1, 0.15) is 18.3 Å². The van der Waals surface area contributed by atoms with Crippen LogP contribution in [0, 0.1) is 5.82 Å². The fraction of sp³-hybridized carbons (Fsp3) is 0.333. The second-order valence-corrected chi connectivity index (χ2v) is 3.12. The van der Waals surface area contributed by atoms with Gasteiger partial charge in [0.1, 0.15) is 0 Å². The molecule has 1 aromatic rings. The molecule has 1 amide bonds. The van der Waals surface area contributed by atoms with Crippen molar-refractivity contribution in [2.45, 2.75) is 19.9 Å².